The zero-order valence-electron chi connectivity index (χ0n) is 26.8. The SMILES string of the molecule is CCCCCCCCCc1ccc(-c2c([N+](=O)[O-])c([N+](=O)[O-])c(-c3ccc(CCCCCCCCC)cc3)c3nsnc23)cc1. The van der Waals surface area contributed by atoms with Crippen LogP contribution in [0.15, 0.2) is 48.5 Å². The van der Waals surface area contributed by atoms with Crippen LogP contribution in [0.3, 0.4) is 0 Å². The second-order valence-electron chi connectivity index (χ2n) is 12.1. The van der Waals surface area contributed by atoms with Crippen molar-refractivity contribution in [3.05, 3.63) is 79.9 Å². The van der Waals surface area contributed by atoms with Crippen molar-refractivity contribution >= 4 is 34.1 Å². The zero-order chi connectivity index (χ0) is 32.0. The normalized spacial score (nSPS) is 11.3. The van der Waals surface area contributed by atoms with Crippen LogP contribution >= 0.6 is 11.7 Å². The summed E-state index contributed by atoms with van der Waals surface area (Å²) in [7, 11) is 0. The van der Waals surface area contributed by atoms with Gasteiger partial charge in [0.25, 0.3) is 0 Å². The zero-order valence-corrected chi connectivity index (χ0v) is 27.6. The molecule has 0 aliphatic carbocycles. The topological polar surface area (TPSA) is 112 Å². The van der Waals surface area contributed by atoms with Crippen LogP contribution in [0, 0.1) is 20.2 Å². The Morgan fingerprint density at radius 3 is 1.20 bits per heavy atom. The van der Waals surface area contributed by atoms with Crippen LogP contribution in [-0.2, 0) is 12.8 Å². The fourth-order valence-electron chi connectivity index (χ4n) is 6.13. The van der Waals surface area contributed by atoms with Crippen LogP contribution in [0.1, 0.15) is 115 Å². The van der Waals surface area contributed by atoms with Crippen molar-refractivity contribution < 1.29 is 9.85 Å². The average Bonchev–Trinajstić information content (AvgIpc) is 3.53. The third-order valence-electron chi connectivity index (χ3n) is 8.65. The van der Waals surface area contributed by atoms with Gasteiger partial charge in [-0.15, -0.1) is 0 Å². The van der Waals surface area contributed by atoms with Crippen LogP contribution in [0.5, 0.6) is 0 Å². The fourth-order valence-corrected chi connectivity index (χ4v) is 6.69. The maximum atomic E-state index is 12.5. The molecule has 4 aromatic rings. The summed E-state index contributed by atoms with van der Waals surface area (Å²) in [6.07, 6.45) is 19.0. The summed E-state index contributed by atoms with van der Waals surface area (Å²) >= 11 is 0.913. The van der Waals surface area contributed by atoms with Crippen LogP contribution in [0.25, 0.3) is 33.3 Å². The molecule has 0 unspecified atom stereocenters. The number of aryl methyl sites for hydroxylation is 2. The van der Waals surface area contributed by atoms with E-state index in [9.17, 15) is 20.2 Å². The Hall–Kier alpha value is -3.72. The molecule has 0 atom stereocenters. The number of benzene rings is 3. The van der Waals surface area contributed by atoms with E-state index in [0.717, 1.165) is 48.5 Å². The number of hydrogen-bond acceptors (Lipinski definition) is 7. The highest BCUT2D eigenvalue weighted by Crippen LogP contribution is 2.49. The van der Waals surface area contributed by atoms with E-state index in [1.807, 2.05) is 48.5 Å². The lowest BCUT2D eigenvalue weighted by atomic mass is 9.92. The number of nitro benzene ring substituents is 2. The molecule has 45 heavy (non-hydrogen) atoms. The van der Waals surface area contributed by atoms with Crippen LogP contribution < -0.4 is 0 Å². The van der Waals surface area contributed by atoms with Gasteiger partial charge in [0.2, 0.25) is 0 Å². The summed E-state index contributed by atoms with van der Waals surface area (Å²) in [5.41, 5.74) is 3.21. The van der Waals surface area contributed by atoms with Crippen LogP contribution in [-0.4, -0.2) is 18.6 Å². The van der Waals surface area contributed by atoms with E-state index in [1.165, 1.54) is 77.0 Å². The van der Waals surface area contributed by atoms with Gasteiger partial charge in [-0.25, -0.2) is 0 Å². The number of hydrogen-bond donors (Lipinski definition) is 0. The number of rotatable bonds is 20. The molecule has 0 saturated carbocycles. The predicted octanol–water partition coefficient (Wildman–Crippen LogP) is 11.4. The molecule has 0 radical (unpaired) electrons. The lowest BCUT2D eigenvalue weighted by Crippen LogP contribution is -2.03. The largest absolute Gasteiger partial charge is 0.356 e. The molecular weight excluding hydrogens is 584 g/mol. The van der Waals surface area contributed by atoms with Gasteiger partial charge in [0.1, 0.15) is 11.0 Å². The van der Waals surface area contributed by atoms with Gasteiger partial charge in [-0.3, -0.25) is 20.2 Å². The molecule has 0 aliphatic rings. The fraction of sp³-hybridized carbons (Fsp3) is 0.500. The minimum atomic E-state index is -0.642. The predicted molar refractivity (Wildman–Crippen MR) is 185 cm³/mol. The Labute approximate surface area is 270 Å². The minimum absolute atomic E-state index is 0.150. The number of unbranched alkanes of at least 4 members (excludes halogenated alkanes) is 12. The maximum Gasteiger partial charge on any atom is 0.356 e. The Morgan fingerprint density at radius 2 is 0.867 bits per heavy atom. The van der Waals surface area contributed by atoms with Crippen molar-refractivity contribution in [2.45, 2.75) is 117 Å². The summed E-state index contributed by atoms with van der Waals surface area (Å²) in [5, 5.41) is 25.1. The van der Waals surface area contributed by atoms with Gasteiger partial charge in [-0.1, -0.05) is 139 Å². The first kappa shape index (κ1) is 34.2. The van der Waals surface area contributed by atoms with Gasteiger partial charge in [0, 0.05) is 0 Å². The number of nitro groups is 2. The molecule has 0 spiro atoms. The molecule has 240 valence electrons. The molecule has 9 heteroatoms. The van der Waals surface area contributed by atoms with E-state index >= 15 is 0 Å². The lowest BCUT2D eigenvalue weighted by Gasteiger charge is -2.11. The first-order valence-electron chi connectivity index (χ1n) is 16.8. The third-order valence-corrected chi connectivity index (χ3v) is 9.18. The van der Waals surface area contributed by atoms with Gasteiger partial charge in [-0.2, -0.15) is 8.75 Å². The Balaban J connectivity index is 1.58. The molecule has 0 fully saturated rings. The number of aromatic nitrogens is 2. The summed E-state index contributed by atoms with van der Waals surface area (Å²) in [5.74, 6) is 0. The van der Waals surface area contributed by atoms with Crippen molar-refractivity contribution in [3.8, 4) is 22.3 Å². The Kier molecular flexibility index (Phi) is 13.4. The molecule has 0 amide bonds. The Morgan fingerprint density at radius 1 is 0.533 bits per heavy atom. The van der Waals surface area contributed by atoms with Gasteiger partial charge in [0.05, 0.1) is 32.7 Å². The first-order chi connectivity index (χ1) is 22.0. The average molecular weight is 631 g/mol. The maximum absolute atomic E-state index is 12.5. The van der Waals surface area contributed by atoms with Crippen molar-refractivity contribution in [1.29, 1.82) is 0 Å². The standard InChI is InChI=1S/C36H46N4O4S/c1-3-5-7-9-11-13-15-17-27-19-23-29(24-20-27)31-33-34(38-45-37-33)32(36(40(43)44)35(31)39(41)42)30-25-21-28(22-26-30)18-16-14-12-10-8-6-4-2/h19-26H,3-18H2,1-2H3. The second-order valence-corrected chi connectivity index (χ2v) is 12.6. The highest BCUT2D eigenvalue weighted by atomic mass is 32.1. The highest BCUT2D eigenvalue weighted by Gasteiger charge is 2.38. The van der Waals surface area contributed by atoms with E-state index in [2.05, 4.69) is 22.6 Å². The van der Waals surface area contributed by atoms with Crippen molar-refractivity contribution in [2.24, 2.45) is 0 Å². The molecular formula is C36H46N4O4S. The highest BCUT2D eigenvalue weighted by molar-refractivity contribution is 7.00. The summed E-state index contributed by atoms with van der Waals surface area (Å²) in [6.45, 7) is 4.44. The molecule has 0 saturated heterocycles. The molecule has 1 aromatic heterocycles. The minimum Gasteiger partial charge on any atom is -0.258 e. The Bertz CT molecular complexity index is 1420. The van der Waals surface area contributed by atoms with Crippen molar-refractivity contribution in [3.63, 3.8) is 0 Å². The number of nitrogens with zero attached hydrogens (tertiary/aromatic N) is 4. The molecule has 0 aliphatic heterocycles. The van der Waals surface area contributed by atoms with Crippen LogP contribution in [0.2, 0.25) is 0 Å². The molecule has 1 heterocycles. The summed E-state index contributed by atoms with van der Waals surface area (Å²) in [4.78, 5) is 23.8. The van der Waals surface area contributed by atoms with Crippen LogP contribution in [0.4, 0.5) is 11.4 Å². The van der Waals surface area contributed by atoms with Gasteiger partial charge < -0.3 is 0 Å². The van der Waals surface area contributed by atoms with E-state index < -0.39 is 21.2 Å². The third kappa shape index (κ3) is 9.16. The van der Waals surface area contributed by atoms with Gasteiger partial charge in [-0.05, 0) is 47.9 Å². The quantitative estimate of drug-likeness (QED) is 0.0545. The smallest absolute Gasteiger partial charge is 0.258 e. The summed E-state index contributed by atoms with van der Waals surface area (Å²) in [6, 6.07) is 15.1. The van der Waals surface area contributed by atoms with E-state index in [0.29, 0.717) is 22.2 Å². The van der Waals surface area contributed by atoms with Gasteiger partial charge in [0.15, 0.2) is 0 Å². The van der Waals surface area contributed by atoms with E-state index in [-0.39, 0.29) is 11.1 Å². The van der Waals surface area contributed by atoms with E-state index in [1.54, 1.807) is 0 Å². The molecule has 3 aromatic carbocycles. The molecule has 0 bridgehead atoms. The van der Waals surface area contributed by atoms with Gasteiger partial charge >= 0.3 is 11.4 Å². The molecule has 0 N–H and O–H groups in total. The summed E-state index contributed by atoms with van der Waals surface area (Å²) < 4.78 is 8.87. The first-order valence-corrected chi connectivity index (χ1v) is 17.5. The number of fused-ring (bicyclic) bond motifs is 1. The lowest BCUT2D eigenvalue weighted by molar-refractivity contribution is -0.421. The van der Waals surface area contributed by atoms with Crippen molar-refractivity contribution in [2.75, 3.05) is 0 Å². The van der Waals surface area contributed by atoms with Crippen molar-refractivity contribution in [1.82, 2.24) is 8.75 Å². The molecule has 8 nitrogen and oxygen atoms in total. The second kappa shape index (κ2) is 17.7. The molecule has 4 rings (SSSR count). The van der Waals surface area contributed by atoms with E-state index in [4.69, 9.17) is 0 Å². The monoisotopic (exact) mass is 630 g/mol.